The lowest BCUT2D eigenvalue weighted by atomic mass is 10.2. The topological polar surface area (TPSA) is 96.6 Å². The molecule has 1 fully saturated rings. The Balaban J connectivity index is 1.30. The van der Waals surface area contributed by atoms with Crippen molar-refractivity contribution in [2.24, 2.45) is 0 Å². The minimum absolute atomic E-state index is 0.156. The number of hydrogen-bond acceptors (Lipinski definition) is 6. The summed E-state index contributed by atoms with van der Waals surface area (Å²) >= 11 is 0. The molecule has 2 aliphatic rings. The molecule has 0 unspecified atom stereocenters. The summed E-state index contributed by atoms with van der Waals surface area (Å²) in [7, 11) is 1.61. The molecule has 1 aliphatic heterocycles. The van der Waals surface area contributed by atoms with Gasteiger partial charge in [-0.25, -0.2) is 9.48 Å². The molecule has 9 heteroatoms. The van der Waals surface area contributed by atoms with E-state index in [0.29, 0.717) is 22.9 Å². The molecule has 1 aliphatic carbocycles. The molecule has 1 saturated carbocycles. The van der Waals surface area contributed by atoms with Crippen molar-refractivity contribution in [3.05, 3.63) is 58.5 Å². The predicted molar refractivity (Wildman–Crippen MR) is 112 cm³/mol. The van der Waals surface area contributed by atoms with Gasteiger partial charge in [-0.2, -0.15) is 0 Å². The van der Waals surface area contributed by atoms with Crippen molar-refractivity contribution >= 4 is 5.91 Å². The Morgan fingerprint density at radius 1 is 1.16 bits per heavy atom. The van der Waals surface area contributed by atoms with E-state index in [1.54, 1.807) is 29.9 Å². The maximum atomic E-state index is 12.9. The van der Waals surface area contributed by atoms with Gasteiger partial charge >= 0.3 is 5.69 Å². The summed E-state index contributed by atoms with van der Waals surface area (Å²) in [5.41, 5.74) is 1.16. The van der Waals surface area contributed by atoms with Crippen LogP contribution in [-0.4, -0.2) is 40.7 Å². The zero-order valence-electron chi connectivity index (χ0n) is 17.0. The van der Waals surface area contributed by atoms with Gasteiger partial charge in [-0.1, -0.05) is 0 Å². The number of ether oxygens (including phenoxy) is 3. The number of hydrogen-bond donors (Lipinski definition) is 1. The second-order valence-electron chi connectivity index (χ2n) is 7.48. The highest BCUT2D eigenvalue weighted by atomic mass is 16.7. The average molecular weight is 422 g/mol. The van der Waals surface area contributed by atoms with Gasteiger partial charge in [0, 0.05) is 23.7 Å². The van der Waals surface area contributed by atoms with E-state index < -0.39 is 0 Å². The van der Waals surface area contributed by atoms with Crippen LogP contribution in [0.15, 0.2) is 47.3 Å². The molecule has 9 nitrogen and oxygen atoms in total. The third-order valence-corrected chi connectivity index (χ3v) is 5.37. The predicted octanol–water partition coefficient (Wildman–Crippen LogP) is 2.21. The highest BCUT2D eigenvalue weighted by Crippen LogP contribution is 2.36. The van der Waals surface area contributed by atoms with Crippen LogP contribution in [0.5, 0.6) is 17.2 Å². The van der Waals surface area contributed by atoms with Gasteiger partial charge in [-0.3, -0.25) is 9.36 Å². The van der Waals surface area contributed by atoms with Crippen LogP contribution >= 0.6 is 0 Å². The quantitative estimate of drug-likeness (QED) is 0.627. The Bertz CT molecular complexity index is 1180. The van der Waals surface area contributed by atoms with E-state index in [1.165, 1.54) is 4.68 Å². The lowest BCUT2D eigenvalue weighted by Gasteiger charge is -2.05. The van der Waals surface area contributed by atoms with E-state index >= 15 is 0 Å². The molecule has 0 radical (unpaired) electrons. The molecule has 160 valence electrons. The van der Waals surface area contributed by atoms with Gasteiger partial charge < -0.3 is 19.5 Å². The van der Waals surface area contributed by atoms with Crippen LogP contribution in [0.25, 0.3) is 11.4 Å². The third-order valence-electron chi connectivity index (χ3n) is 5.37. The summed E-state index contributed by atoms with van der Waals surface area (Å²) in [6.45, 7) is 0.707. The van der Waals surface area contributed by atoms with Gasteiger partial charge in [0.05, 0.1) is 13.7 Å². The fourth-order valence-corrected chi connectivity index (χ4v) is 3.58. The highest BCUT2D eigenvalue weighted by molar-refractivity contribution is 5.94. The molecule has 2 heterocycles. The number of nitrogens with zero attached hydrogens (tertiary/aromatic N) is 3. The van der Waals surface area contributed by atoms with Crippen LogP contribution < -0.4 is 25.2 Å². The highest BCUT2D eigenvalue weighted by Gasteiger charge is 2.30. The maximum absolute atomic E-state index is 12.9. The Hall–Kier alpha value is -3.75. The number of rotatable bonds is 7. The fraction of sp³-hybridized carbons (Fsp3) is 0.318. The van der Waals surface area contributed by atoms with Crippen LogP contribution in [0.1, 0.15) is 29.2 Å². The Kier molecular flexibility index (Phi) is 4.85. The summed E-state index contributed by atoms with van der Waals surface area (Å²) in [6, 6.07) is 12.7. The van der Waals surface area contributed by atoms with Gasteiger partial charge in [0.25, 0.3) is 5.91 Å². The monoisotopic (exact) mass is 422 g/mol. The van der Waals surface area contributed by atoms with Gasteiger partial charge in [0.2, 0.25) is 6.79 Å². The second kappa shape index (κ2) is 7.82. The van der Waals surface area contributed by atoms with Crippen LogP contribution in [-0.2, 0) is 6.54 Å². The standard InChI is InChI=1S/C22H22N4O5/c1-29-17-7-2-14(3-8-17)20-24-25(22(28)26(20)16-5-6-16)11-10-23-21(27)15-4-9-18-19(12-15)31-13-30-18/h2-4,7-9,12,16H,5-6,10-11,13H2,1H3,(H,23,27). The number of carbonyl (C=O) groups is 1. The molecular weight excluding hydrogens is 400 g/mol. The summed E-state index contributed by atoms with van der Waals surface area (Å²) in [4.78, 5) is 25.4. The number of nitrogens with one attached hydrogen (secondary N) is 1. The zero-order valence-corrected chi connectivity index (χ0v) is 17.0. The second-order valence-corrected chi connectivity index (χ2v) is 7.48. The minimum Gasteiger partial charge on any atom is -0.497 e. The third kappa shape index (κ3) is 3.74. The van der Waals surface area contributed by atoms with Crippen LogP contribution in [0.3, 0.4) is 0 Å². The molecule has 0 bridgehead atoms. The molecular formula is C22H22N4O5. The summed E-state index contributed by atoms with van der Waals surface area (Å²) in [6.07, 6.45) is 1.94. The van der Waals surface area contributed by atoms with E-state index in [1.807, 2.05) is 24.3 Å². The number of methoxy groups -OCH3 is 1. The van der Waals surface area contributed by atoms with Gasteiger partial charge in [0.15, 0.2) is 17.3 Å². The van der Waals surface area contributed by atoms with Crippen LogP contribution in [0.2, 0.25) is 0 Å². The van der Waals surface area contributed by atoms with Crippen molar-refractivity contribution < 1.29 is 19.0 Å². The first-order valence-electron chi connectivity index (χ1n) is 10.2. The molecule has 0 spiro atoms. The minimum atomic E-state index is -0.247. The summed E-state index contributed by atoms with van der Waals surface area (Å²) < 4.78 is 19.0. The van der Waals surface area contributed by atoms with Crippen molar-refractivity contribution in [1.29, 1.82) is 0 Å². The van der Waals surface area contributed by atoms with Crippen molar-refractivity contribution in [1.82, 2.24) is 19.7 Å². The molecule has 0 atom stereocenters. The summed E-state index contributed by atoms with van der Waals surface area (Å²) in [5, 5.41) is 7.39. The zero-order chi connectivity index (χ0) is 21.4. The molecule has 31 heavy (non-hydrogen) atoms. The Morgan fingerprint density at radius 2 is 1.94 bits per heavy atom. The first kappa shape index (κ1) is 19.2. The van der Waals surface area contributed by atoms with Gasteiger partial charge in [-0.05, 0) is 55.3 Å². The van der Waals surface area contributed by atoms with Crippen molar-refractivity contribution in [2.75, 3.05) is 20.4 Å². The fourth-order valence-electron chi connectivity index (χ4n) is 3.58. The maximum Gasteiger partial charge on any atom is 0.346 e. The molecule has 1 amide bonds. The number of carbonyl (C=O) groups excluding carboxylic acids is 1. The van der Waals surface area contributed by atoms with Crippen molar-refractivity contribution in [3.8, 4) is 28.6 Å². The smallest absolute Gasteiger partial charge is 0.346 e. The van der Waals surface area contributed by atoms with E-state index in [0.717, 1.165) is 24.2 Å². The molecule has 1 aromatic heterocycles. The van der Waals surface area contributed by atoms with Crippen molar-refractivity contribution in [2.45, 2.75) is 25.4 Å². The van der Waals surface area contributed by atoms with Gasteiger partial charge in [-0.15, -0.1) is 5.10 Å². The number of aromatic nitrogens is 3. The molecule has 0 saturated heterocycles. The number of benzene rings is 2. The average Bonchev–Trinajstić information content (AvgIpc) is 3.42. The Morgan fingerprint density at radius 3 is 2.68 bits per heavy atom. The van der Waals surface area contributed by atoms with E-state index in [4.69, 9.17) is 14.2 Å². The molecule has 2 aromatic carbocycles. The number of fused-ring (bicyclic) bond motifs is 1. The number of amides is 1. The van der Waals surface area contributed by atoms with E-state index in [-0.39, 0.29) is 37.5 Å². The van der Waals surface area contributed by atoms with Gasteiger partial charge in [0.1, 0.15) is 5.75 Å². The first-order valence-corrected chi connectivity index (χ1v) is 10.2. The lowest BCUT2D eigenvalue weighted by molar-refractivity contribution is 0.0951. The summed E-state index contributed by atoms with van der Waals surface area (Å²) in [5.74, 6) is 2.31. The lowest BCUT2D eigenvalue weighted by Crippen LogP contribution is -2.32. The largest absolute Gasteiger partial charge is 0.497 e. The molecule has 3 aromatic rings. The van der Waals surface area contributed by atoms with E-state index in [2.05, 4.69) is 10.4 Å². The molecule has 5 rings (SSSR count). The normalized spacial score (nSPS) is 14.5. The SMILES string of the molecule is COc1ccc(-c2nn(CCNC(=O)c3ccc4c(c3)OCO4)c(=O)n2C2CC2)cc1. The van der Waals surface area contributed by atoms with E-state index in [9.17, 15) is 9.59 Å². The van der Waals surface area contributed by atoms with Crippen molar-refractivity contribution in [3.63, 3.8) is 0 Å². The van der Waals surface area contributed by atoms with Crippen LogP contribution in [0, 0.1) is 0 Å². The molecule has 1 N–H and O–H groups in total. The first-order chi connectivity index (χ1) is 15.1. The van der Waals surface area contributed by atoms with Crippen LogP contribution in [0.4, 0.5) is 0 Å². The Labute approximate surface area is 178 Å².